The van der Waals surface area contributed by atoms with Crippen molar-refractivity contribution >= 4 is 11.6 Å². The maximum Gasteiger partial charge on any atom is 0.239 e. The van der Waals surface area contributed by atoms with E-state index in [9.17, 15) is 9.90 Å². The SMILES string of the molecule is CC[C@H](O)c1ccc(N(CC)CC(=O)NC(C)C)cn1. The lowest BCUT2D eigenvalue weighted by molar-refractivity contribution is -0.120. The zero-order valence-electron chi connectivity index (χ0n) is 12.8. The van der Waals surface area contributed by atoms with Crippen LogP contribution in [-0.4, -0.2) is 35.1 Å². The van der Waals surface area contributed by atoms with Gasteiger partial charge in [0.15, 0.2) is 0 Å². The molecule has 1 atom stereocenters. The summed E-state index contributed by atoms with van der Waals surface area (Å²) in [5.74, 6) is -0.000445. The van der Waals surface area contributed by atoms with Crippen molar-refractivity contribution in [1.29, 1.82) is 0 Å². The number of pyridine rings is 1. The van der Waals surface area contributed by atoms with Crippen molar-refractivity contribution in [3.8, 4) is 0 Å². The van der Waals surface area contributed by atoms with E-state index in [4.69, 9.17) is 0 Å². The van der Waals surface area contributed by atoms with Gasteiger partial charge in [0, 0.05) is 12.6 Å². The molecule has 0 saturated carbocycles. The summed E-state index contributed by atoms with van der Waals surface area (Å²) >= 11 is 0. The zero-order chi connectivity index (χ0) is 15.1. The number of likely N-dealkylation sites (N-methyl/N-ethyl adjacent to an activating group) is 1. The van der Waals surface area contributed by atoms with Crippen LogP contribution in [0.25, 0.3) is 0 Å². The molecule has 20 heavy (non-hydrogen) atoms. The molecule has 1 heterocycles. The summed E-state index contributed by atoms with van der Waals surface area (Å²) in [6.07, 6.45) is 1.82. The van der Waals surface area contributed by atoms with Crippen molar-refractivity contribution in [3.05, 3.63) is 24.0 Å². The standard InChI is InChI=1S/C15H25N3O2/c1-5-14(19)13-8-7-12(9-16-13)18(6-2)10-15(20)17-11(3)4/h7-9,11,14,19H,5-6,10H2,1-4H3,(H,17,20)/t14-/m0/s1. The molecule has 0 fully saturated rings. The molecule has 0 aliphatic heterocycles. The molecule has 1 aromatic rings. The number of carbonyl (C=O) groups excluding carboxylic acids is 1. The number of aliphatic hydroxyl groups excluding tert-OH is 1. The highest BCUT2D eigenvalue weighted by Gasteiger charge is 2.12. The van der Waals surface area contributed by atoms with Gasteiger partial charge in [0.1, 0.15) is 0 Å². The highest BCUT2D eigenvalue weighted by Crippen LogP contribution is 2.18. The van der Waals surface area contributed by atoms with E-state index >= 15 is 0 Å². The van der Waals surface area contributed by atoms with Crippen molar-refractivity contribution in [2.24, 2.45) is 0 Å². The summed E-state index contributed by atoms with van der Waals surface area (Å²) in [4.78, 5) is 18.0. The minimum Gasteiger partial charge on any atom is -0.387 e. The molecule has 1 aromatic heterocycles. The Bertz CT molecular complexity index is 418. The van der Waals surface area contributed by atoms with Gasteiger partial charge in [0.25, 0.3) is 0 Å². The molecular formula is C15H25N3O2. The first-order chi connectivity index (χ1) is 9.47. The molecule has 1 amide bonds. The van der Waals surface area contributed by atoms with E-state index < -0.39 is 6.10 Å². The molecule has 0 aromatic carbocycles. The Labute approximate surface area is 121 Å². The summed E-state index contributed by atoms with van der Waals surface area (Å²) < 4.78 is 0. The van der Waals surface area contributed by atoms with Gasteiger partial charge in [-0.15, -0.1) is 0 Å². The number of aromatic nitrogens is 1. The first-order valence-corrected chi connectivity index (χ1v) is 7.16. The van der Waals surface area contributed by atoms with E-state index in [0.29, 0.717) is 18.7 Å². The number of amides is 1. The Hall–Kier alpha value is -1.62. The molecule has 0 spiro atoms. The fraction of sp³-hybridized carbons (Fsp3) is 0.600. The lowest BCUT2D eigenvalue weighted by Gasteiger charge is -2.23. The molecule has 2 N–H and O–H groups in total. The first kappa shape index (κ1) is 16.4. The molecule has 5 heteroatoms. The average molecular weight is 279 g/mol. The molecule has 1 rings (SSSR count). The van der Waals surface area contributed by atoms with Crippen molar-refractivity contribution in [3.63, 3.8) is 0 Å². The fourth-order valence-electron chi connectivity index (χ4n) is 1.92. The van der Waals surface area contributed by atoms with E-state index in [-0.39, 0.29) is 11.9 Å². The molecule has 5 nitrogen and oxygen atoms in total. The van der Waals surface area contributed by atoms with Crippen molar-refractivity contribution < 1.29 is 9.90 Å². The van der Waals surface area contributed by atoms with Gasteiger partial charge in [0.2, 0.25) is 5.91 Å². The Kier molecular flexibility index (Phi) is 6.45. The van der Waals surface area contributed by atoms with Gasteiger partial charge in [0.05, 0.1) is 30.2 Å². The summed E-state index contributed by atoms with van der Waals surface area (Å²) in [5, 5.41) is 12.6. The third-order valence-corrected chi connectivity index (χ3v) is 3.03. The van der Waals surface area contributed by atoms with E-state index in [1.54, 1.807) is 6.20 Å². The van der Waals surface area contributed by atoms with Crippen LogP contribution < -0.4 is 10.2 Å². The number of nitrogens with zero attached hydrogens (tertiary/aromatic N) is 2. The summed E-state index contributed by atoms with van der Waals surface area (Å²) in [6.45, 7) is 8.83. The molecule has 0 unspecified atom stereocenters. The van der Waals surface area contributed by atoms with Crippen LogP contribution in [0.3, 0.4) is 0 Å². The largest absolute Gasteiger partial charge is 0.387 e. The average Bonchev–Trinajstić information content (AvgIpc) is 2.43. The third kappa shape index (κ3) is 4.81. The van der Waals surface area contributed by atoms with E-state index in [1.807, 2.05) is 44.7 Å². The lowest BCUT2D eigenvalue weighted by Crippen LogP contribution is -2.40. The Morgan fingerprint density at radius 2 is 2.10 bits per heavy atom. The van der Waals surface area contributed by atoms with Crippen LogP contribution in [0.5, 0.6) is 0 Å². The van der Waals surface area contributed by atoms with Crippen LogP contribution in [0.4, 0.5) is 5.69 Å². The number of rotatable bonds is 7. The predicted octanol–water partition coefficient (Wildman–Crippen LogP) is 1.88. The van der Waals surface area contributed by atoms with Gasteiger partial charge >= 0.3 is 0 Å². The minimum atomic E-state index is -0.525. The highest BCUT2D eigenvalue weighted by molar-refractivity contribution is 5.81. The molecule has 0 bridgehead atoms. The van der Waals surface area contributed by atoms with Gasteiger partial charge in [-0.05, 0) is 39.3 Å². The molecular weight excluding hydrogens is 254 g/mol. The summed E-state index contributed by atoms with van der Waals surface area (Å²) in [7, 11) is 0. The first-order valence-electron chi connectivity index (χ1n) is 7.16. The van der Waals surface area contributed by atoms with Gasteiger partial charge in [-0.1, -0.05) is 6.92 Å². The van der Waals surface area contributed by atoms with Crippen molar-refractivity contribution in [2.45, 2.75) is 46.3 Å². The number of carbonyl (C=O) groups is 1. The van der Waals surface area contributed by atoms with E-state index in [0.717, 1.165) is 12.2 Å². The molecule has 112 valence electrons. The predicted molar refractivity (Wildman–Crippen MR) is 80.7 cm³/mol. The smallest absolute Gasteiger partial charge is 0.239 e. The highest BCUT2D eigenvalue weighted by atomic mass is 16.3. The molecule has 0 aliphatic rings. The second-order valence-corrected chi connectivity index (χ2v) is 5.10. The van der Waals surface area contributed by atoms with Gasteiger partial charge in [-0.2, -0.15) is 0 Å². The maximum atomic E-state index is 11.8. The maximum absolute atomic E-state index is 11.8. The van der Waals surface area contributed by atoms with Crippen LogP contribution in [-0.2, 0) is 4.79 Å². The zero-order valence-corrected chi connectivity index (χ0v) is 12.8. The van der Waals surface area contributed by atoms with Crippen molar-refractivity contribution in [2.75, 3.05) is 18.0 Å². The summed E-state index contributed by atoms with van der Waals surface area (Å²) in [5.41, 5.74) is 1.55. The summed E-state index contributed by atoms with van der Waals surface area (Å²) in [6, 6.07) is 3.85. The monoisotopic (exact) mass is 279 g/mol. The lowest BCUT2D eigenvalue weighted by atomic mass is 10.2. The molecule has 0 aliphatic carbocycles. The second-order valence-electron chi connectivity index (χ2n) is 5.10. The quantitative estimate of drug-likeness (QED) is 0.800. The van der Waals surface area contributed by atoms with Crippen LogP contribution in [0, 0.1) is 0 Å². The Balaban J connectivity index is 2.72. The third-order valence-electron chi connectivity index (χ3n) is 3.03. The fourth-order valence-corrected chi connectivity index (χ4v) is 1.92. The Morgan fingerprint density at radius 3 is 2.55 bits per heavy atom. The Morgan fingerprint density at radius 1 is 1.40 bits per heavy atom. The van der Waals surface area contributed by atoms with Crippen LogP contribution in [0.2, 0.25) is 0 Å². The molecule has 0 saturated heterocycles. The van der Waals surface area contributed by atoms with Gasteiger partial charge in [-0.3, -0.25) is 9.78 Å². The number of nitrogens with one attached hydrogen (secondary N) is 1. The number of aliphatic hydroxyl groups is 1. The number of hydrogen-bond acceptors (Lipinski definition) is 4. The van der Waals surface area contributed by atoms with Gasteiger partial charge < -0.3 is 15.3 Å². The second kappa shape index (κ2) is 7.85. The van der Waals surface area contributed by atoms with Crippen LogP contribution in [0.1, 0.15) is 45.9 Å². The topological polar surface area (TPSA) is 65.5 Å². The van der Waals surface area contributed by atoms with Crippen LogP contribution >= 0.6 is 0 Å². The molecule has 0 radical (unpaired) electrons. The van der Waals surface area contributed by atoms with Crippen LogP contribution in [0.15, 0.2) is 18.3 Å². The number of hydrogen-bond donors (Lipinski definition) is 2. The van der Waals surface area contributed by atoms with Crippen molar-refractivity contribution in [1.82, 2.24) is 10.3 Å². The van der Waals surface area contributed by atoms with E-state index in [2.05, 4.69) is 10.3 Å². The van der Waals surface area contributed by atoms with E-state index in [1.165, 1.54) is 0 Å². The van der Waals surface area contributed by atoms with Gasteiger partial charge in [-0.25, -0.2) is 0 Å². The normalized spacial score (nSPS) is 12.3. The minimum absolute atomic E-state index is 0.000445. The number of anilines is 1.